The summed E-state index contributed by atoms with van der Waals surface area (Å²) < 4.78 is 7.45. The van der Waals surface area contributed by atoms with Crippen LogP contribution in [0.2, 0.25) is 0 Å². The standard InChI is InChI=1S/C21H23NO2/c1-3-4-7-13-22-15-19(18-11-5-6-12-20(18)22)21(23)16-9-8-10-17(14-16)24-2/h5-6,8-12,14-15H,3-4,7,13H2,1-2H3. The van der Waals surface area contributed by atoms with E-state index >= 15 is 0 Å². The summed E-state index contributed by atoms with van der Waals surface area (Å²) >= 11 is 0. The van der Waals surface area contributed by atoms with Crippen LogP contribution in [0.5, 0.6) is 5.75 Å². The third-order valence-electron chi connectivity index (χ3n) is 4.37. The van der Waals surface area contributed by atoms with Crippen molar-refractivity contribution in [3.8, 4) is 5.75 Å². The van der Waals surface area contributed by atoms with Gasteiger partial charge in [0.05, 0.1) is 7.11 Å². The van der Waals surface area contributed by atoms with Crippen molar-refractivity contribution >= 4 is 16.7 Å². The number of rotatable bonds is 7. The fraction of sp³-hybridized carbons (Fsp3) is 0.286. The summed E-state index contributed by atoms with van der Waals surface area (Å²) in [6.07, 6.45) is 5.52. The minimum Gasteiger partial charge on any atom is -0.497 e. The first-order valence-electron chi connectivity index (χ1n) is 8.51. The Bertz CT molecular complexity index is 848. The zero-order chi connectivity index (χ0) is 16.9. The molecule has 3 nitrogen and oxygen atoms in total. The Kier molecular flexibility index (Phi) is 4.99. The molecule has 0 saturated heterocycles. The number of aryl methyl sites for hydroxylation is 1. The highest BCUT2D eigenvalue weighted by atomic mass is 16.5. The maximum Gasteiger partial charge on any atom is 0.195 e. The van der Waals surface area contributed by atoms with E-state index in [9.17, 15) is 4.79 Å². The van der Waals surface area contributed by atoms with Gasteiger partial charge in [0.1, 0.15) is 5.75 Å². The lowest BCUT2D eigenvalue weighted by atomic mass is 10.0. The maximum absolute atomic E-state index is 13.0. The molecule has 0 bridgehead atoms. The molecule has 0 N–H and O–H groups in total. The first-order chi connectivity index (χ1) is 11.7. The molecule has 2 aromatic carbocycles. The average Bonchev–Trinajstić information content (AvgIpc) is 3.00. The molecule has 3 aromatic rings. The van der Waals surface area contributed by atoms with E-state index in [1.807, 2.05) is 42.6 Å². The van der Waals surface area contributed by atoms with Gasteiger partial charge in [0.2, 0.25) is 0 Å². The van der Waals surface area contributed by atoms with Gasteiger partial charge in [0.15, 0.2) is 5.78 Å². The number of methoxy groups -OCH3 is 1. The number of para-hydroxylation sites is 1. The molecule has 0 aliphatic carbocycles. The van der Waals surface area contributed by atoms with Crippen molar-refractivity contribution < 1.29 is 9.53 Å². The second-order valence-corrected chi connectivity index (χ2v) is 6.02. The molecule has 0 saturated carbocycles. The lowest BCUT2D eigenvalue weighted by Crippen LogP contribution is -2.01. The van der Waals surface area contributed by atoms with Crippen LogP contribution >= 0.6 is 0 Å². The number of benzene rings is 2. The predicted octanol–water partition coefficient (Wildman–Crippen LogP) is 5.07. The van der Waals surface area contributed by atoms with E-state index in [2.05, 4.69) is 17.6 Å². The number of unbranched alkanes of at least 4 members (excludes halogenated alkanes) is 2. The molecule has 0 radical (unpaired) electrons. The molecule has 1 aromatic heterocycles. The largest absolute Gasteiger partial charge is 0.497 e. The second kappa shape index (κ2) is 7.35. The zero-order valence-electron chi connectivity index (χ0n) is 14.3. The summed E-state index contributed by atoms with van der Waals surface area (Å²) in [5.74, 6) is 0.742. The van der Waals surface area contributed by atoms with Gasteiger partial charge < -0.3 is 9.30 Å². The molecule has 3 rings (SSSR count). The summed E-state index contributed by atoms with van der Waals surface area (Å²) in [5, 5.41) is 1.02. The van der Waals surface area contributed by atoms with Crippen LogP contribution in [0, 0.1) is 0 Å². The molecular weight excluding hydrogens is 298 g/mol. The Morgan fingerprint density at radius 1 is 1.08 bits per heavy atom. The van der Waals surface area contributed by atoms with E-state index in [1.165, 1.54) is 12.8 Å². The van der Waals surface area contributed by atoms with Gasteiger partial charge >= 0.3 is 0 Å². The number of hydrogen-bond donors (Lipinski definition) is 0. The lowest BCUT2D eigenvalue weighted by Gasteiger charge is -2.04. The highest BCUT2D eigenvalue weighted by molar-refractivity contribution is 6.16. The third kappa shape index (κ3) is 3.21. The van der Waals surface area contributed by atoms with Crippen LogP contribution in [-0.4, -0.2) is 17.5 Å². The number of carbonyl (C=O) groups excluding carboxylic acids is 1. The molecule has 3 heteroatoms. The molecular formula is C21H23NO2. The van der Waals surface area contributed by atoms with Crippen molar-refractivity contribution in [3.05, 3.63) is 65.9 Å². The van der Waals surface area contributed by atoms with E-state index in [1.54, 1.807) is 13.2 Å². The molecule has 0 spiro atoms. The van der Waals surface area contributed by atoms with E-state index in [0.717, 1.165) is 29.4 Å². The smallest absolute Gasteiger partial charge is 0.195 e. The summed E-state index contributed by atoms with van der Waals surface area (Å²) in [4.78, 5) is 13.0. The van der Waals surface area contributed by atoms with Crippen molar-refractivity contribution in [2.24, 2.45) is 0 Å². The van der Waals surface area contributed by atoms with Crippen molar-refractivity contribution in [2.45, 2.75) is 32.7 Å². The molecule has 1 heterocycles. The number of ketones is 1. The first kappa shape index (κ1) is 16.3. The van der Waals surface area contributed by atoms with Crippen LogP contribution < -0.4 is 4.74 Å². The van der Waals surface area contributed by atoms with E-state index < -0.39 is 0 Å². The van der Waals surface area contributed by atoms with Gasteiger partial charge in [-0.2, -0.15) is 0 Å². The Hall–Kier alpha value is -2.55. The number of carbonyl (C=O) groups is 1. The molecule has 124 valence electrons. The highest BCUT2D eigenvalue weighted by Gasteiger charge is 2.16. The number of hydrogen-bond acceptors (Lipinski definition) is 2. The Morgan fingerprint density at radius 3 is 2.71 bits per heavy atom. The molecule has 0 fully saturated rings. The first-order valence-corrected chi connectivity index (χ1v) is 8.51. The SMILES string of the molecule is CCCCCn1cc(C(=O)c2cccc(OC)c2)c2ccccc21. The summed E-state index contributed by atoms with van der Waals surface area (Å²) in [6, 6.07) is 15.5. The zero-order valence-corrected chi connectivity index (χ0v) is 14.3. The molecule has 24 heavy (non-hydrogen) atoms. The van der Waals surface area contributed by atoms with E-state index in [-0.39, 0.29) is 5.78 Å². The minimum absolute atomic E-state index is 0.0411. The lowest BCUT2D eigenvalue weighted by molar-refractivity contribution is 0.103. The number of ether oxygens (including phenoxy) is 1. The molecule has 0 atom stereocenters. The normalized spacial score (nSPS) is 10.9. The predicted molar refractivity (Wildman–Crippen MR) is 97.9 cm³/mol. The van der Waals surface area contributed by atoms with Crippen LogP contribution in [0.3, 0.4) is 0 Å². The third-order valence-corrected chi connectivity index (χ3v) is 4.37. The van der Waals surface area contributed by atoms with Crippen molar-refractivity contribution in [2.75, 3.05) is 7.11 Å². The van der Waals surface area contributed by atoms with Crippen LogP contribution in [0.25, 0.3) is 10.9 Å². The summed E-state index contributed by atoms with van der Waals surface area (Å²) in [5.41, 5.74) is 2.54. The number of fused-ring (bicyclic) bond motifs is 1. The minimum atomic E-state index is 0.0411. The topological polar surface area (TPSA) is 31.2 Å². The molecule has 0 aliphatic rings. The Labute approximate surface area is 142 Å². The second-order valence-electron chi connectivity index (χ2n) is 6.02. The van der Waals surface area contributed by atoms with Gasteiger partial charge in [-0.25, -0.2) is 0 Å². The van der Waals surface area contributed by atoms with Crippen LogP contribution in [0.4, 0.5) is 0 Å². The van der Waals surface area contributed by atoms with Crippen LogP contribution in [0.1, 0.15) is 42.1 Å². The van der Waals surface area contributed by atoms with Crippen LogP contribution in [-0.2, 0) is 6.54 Å². The Morgan fingerprint density at radius 2 is 1.92 bits per heavy atom. The fourth-order valence-electron chi connectivity index (χ4n) is 3.06. The number of aromatic nitrogens is 1. The van der Waals surface area contributed by atoms with Gasteiger partial charge in [-0.3, -0.25) is 4.79 Å². The van der Waals surface area contributed by atoms with E-state index in [4.69, 9.17) is 4.74 Å². The van der Waals surface area contributed by atoms with Gasteiger partial charge in [-0.15, -0.1) is 0 Å². The van der Waals surface area contributed by atoms with Crippen LogP contribution in [0.15, 0.2) is 54.7 Å². The van der Waals surface area contributed by atoms with Crippen molar-refractivity contribution in [1.29, 1.82) is 0 Å². The average molecular weight is 321 g/mol. The van der Waals surface area contributed by atoms with Crippen molar-refractivity contribution in [1.82, 2.24) is 4.57 Å². The van der Waals surface area contributed by atoms with Gasteiger partial charge in [-0.05, 0) is 24.6 Å². The maximum atomic E-state index is 13.0. The highest BCUT2D eigenvalue weighted by Crippen LogP contribution is 2.25. The summed E-state index contributed by atoms with van der Waals surface area (Å²) in [7, 11) is 1.61. The Balaban J connectivity index is 2.00. The van der Waals surface area contributed by atoms with E-state index in [0.29, 0.717) is 11.3 Å². The fourth-order valence-corrected chi connectivity index (χ4v) is 3.06. The summed E-state index contributed by atoms with van der Waals surface area (Å²) in [6.45, 7) is 3.14. The van der Waals surface area contributed by atoms with Crippen molar-refractivity contribution in [3.63, 3.8) is 0 Å². The quantitative estimate of drug-likeness (QED) is 0.449. The van der Waals surface area contributed by atoms with Gasteiger partial charge in [0, 0.05) is 34.8 Å². The molecule has 0 unspecified atom stereocenters. The monoisotopic (exact) mass is 321 g/mol. The molecule has 0 aliphatic heterocycles. The number of nitrogens with zero attached hydrogens (tertiary/aromatic N) is 1. The van der Waals surface area contributed by atoms with Gasteiger partial charge in [-0.1, -0.05) is 50.1 Å². The van der Waals surface area contributed by atoms with Gasteiger partial charge in [0.25, 0.3) is 0 Å². The molecule has 0 amide bonds.